The van der Waals surface area contributed by atoms with Gasteiger partial charge in [-0.1, -0.05) is 11.6 Å². The first kappa shape index (κ1) is 12.5. The van der Waals surface area contributed by atoms with Gasteiger partial charge in [-0.25, -0.2) is 4.98 Å². The average Bonchev–Trinajstić information content (AvgIpc) is 2.72. The van der Waals surface area contributed by atoms with Crippen molar-refractivity contribution in [2.75, 3.05) is 11.9 Å². The Kier molecular flexibility index (Phi) is 3.74. The molecule has 0 radical (unpaired) electrons. The van der Waals surface area contributed by atoms with E-state index in [-0.39, 0.29) is 0 Å². The number of benzene rings is 1. The number of anilines is 1. The van der Waals surface area contributed by atoms with E-state index in [0.717, 1.165) is 33.2 Å². The van der Waals surface area contributed by atoms with Crippen molar-refractivity contribution >= 4 is 33.5 Å². The molecule has 2 aromatic rings. The van der Waals surface area contributed by atoms with Crippen LogP contribution < -0.4 is 5.32 Å². The number of aromatic nitrogens is 2. The maximum absolute atomic E-state index is 6.16. The normalized spacial score (nSPS) is 10.6. The second kappa shape index (κ2) is 5.10. The van der Waals surface area contributed by atoms with E-state index >= 15 is 0 Å². The molecule has 0 amide bonds. The van der Waals surface area contributed by atoms with E-state index in [1.54, 1.807) is 6.20 Å². The second-order valence-corrected chi connectivity index (χ2v) is 4.97. The van der Waals surface area contributed by atoms with Gasteiger partial charge >= 0.3 is 0 Å². The fraction of sp³-hybridized carbons (Fsp3) is 0.250. The molecular weight excluding hydrogens is 302 g/mol. The number of hydrogen-bond acceptors (Lipinski definition) is 2. The predicted molar refractivity (Wildman–Crippen MR) is 75.2 cm³/mol. The number of nitrogens with one attached hydrogen (secondary N) is 1. The van der Waals surface area contributed by atoms with Crippen LogP contribution in [0.1, 0.15) is 12.5 Å². The number of rotatable bonds is 3. The Bertz CT molecular complexity index is 537. The van der Waals surface area contributed by atoms with Crippen LogP contribution in [0.2, 0.25) is 5.02 Å². The van der Waals surface area contributed by atoms with Crippen LogP contribution in [-0.4, -0.2) is 16.1 Å². The van der Waals surface area contributed by atoms with E-state index in [0.29, 0.717) is 0 Å². The van der Waals surface area contributed by atoms with Gasteiger partial charge in [0.2, 0.25) is 5.95 Å². The topological polar surface area (TPSA) is 29.9 Å². The Labute approximate surface area is 114 Å². The number of hydrogen-bond donors (Lipinski definition) is 1. The third-order valence-corrected chi connectivity index (χ3v) is 3.51. The van der Waals surface area contributed by atoms with E-state index < -0.39 is 0 Å². The fourth-order valence-electron chi connectivity index (χ4n) is 1.61. The van der Waals surface area contributed by atoms with Crippen molar-refractivity contribution in [3.05, 3.63) is 39.6 Å². The van der Waals surface area contributed by atoms with Crippen LogP contribution >= 0.6 is 27.5 Å². The lowest BCUT2D eigenvalue weighted by Gasteiger charge is -2.12. The summed E-state index contributed by atoms with van der Waals surface area (Å²) in [5, 5.41) is 3.95. The van der Waals surface area contributed by atoms with Crippen LogP contribution in [0.5, 0.6) is 0 Å². The Morgan fingerprint density at radius 2 is 2.24 bits per heavy atom. The number of halogens is 2. The van der Waals surface area contributed by atoms with Gasteiger partial charge in [0.25, 0.3) is 0 Å². The molecule has 0 saturated carbocycles. The zero-order chi connectivity index (χ0) is 12.4. The molecular formula is C12H13BrClN3. The Morgan fingerprint density at radius 3 is 2.94 bits per heavy atom. The lowest BCUT2D eigenvalue weighted by molar-refractivity contribution is 1.02. The van der Waals surface area contributed by atoms with Gasteiger partial charge in [-0.15, -0.1) is 0 Å². The number of imidazole rings is 1. The molecule has 3 nitrogen and oxygen atoms in total. The quantitative estimate of drug-likeness (QED) is 0.927. The molecule has 0 saturated heterocycles. The van der Waals surface area contributed by atoms with Crippen molar-refractivity contribution in [3.8, 4) is 5.69 Å². The highest BCUT2D eigenvalue weighted by atomic mass is 79.9. The third-order valence-electron chi connectivity index (χ3n) is 2.46. The molecule has 5 heteroatoms. The van der Waals surface area contributed by atoms with Gasteiger partial charge < -0.3 is 5.32 Å². The molecule has 0 bridgehead atoms. The van der Waals surface area contributed by atoms with Crippen LogP contribution in [0.4, 0.5) is 5.95 Å². The molecule has 1 heterocycles. The summed E-state index contributed by atoms with van der Waals surface area (Å²) >= 11 is 9.71. The summed E-state index contributed by atoms with van der Waals surface area (Å²) < 4.78 is 2.97. The summed E-state index contributed by atoms with van der Waals surface area (Å²) in [6.45, 7) is 4.85. The van der Waals surface area contributed by atoms with Crippen LogP contribution in [0, 0.1) is 6.92 Å². The van der Waals surface area contributed by atoms with Crippen molar-refractivity contribution in [1.82, 2.24) is 9.55 Å². The number of nitrogens with zero attached hydrogens (tertiary/aromatic N) is 2. The summed E-state index contributed by atoms with van der Waals surface area (Å²) in [4.78, 5) is 4.26. The molecule has 0 unspecified atom stereocenters. The molecule has 0 aliphatic rings. The molecule has 1 aromatic carbocycles. The predicted octanol–water partition coefficient (Wildman–Crippen LogP) is 4.03. The maximum atomic E-state index is 6.16. The van der Waals surface area contributed by atoms with Crippen molar-refractivity contribution in [3.63, 3.8) is 0 Å². The summed E-state index contributed by atoms with van der Waals surface area (Å²) in [7, 11) is 0. The molecule has 17 heavy (non-hydrogen) atoms. The van der Waals surface area contributed by atoms with Crippen LogP contribution in [0.3, 0.4) is 0 Å². The van der Waals surface area contributed by atoms with E-state index in [9.17, 15) is 0 Å². The zero-order valence-electron chi connectivity index (χ0n) is 9.67. The molecule has 1 N–H and O–H groups in total. The Hall–Kier alpha value is -1.000. The van der Waals surface area contributed by atoms with Crippen LogP contribution in [-0.2, 0) is 0 Å². The molecule has 2 rings (SSSR count). The number of aryl methyl sites for hydroxylation is 1. The molecule has 0 atom stereocenters. The Balaban J connectivity index is 2.52. The largest absolute Gasteiger partial charge is 0.356 e. The maximum Gasteiger partial charge on any atom is 0.207 e. The highest BCUT2D eigenvalue weighted by Crippen LogP contribution is 2.29. The van der Waals surface area contributed by atoms with Gasteiger partial charge in [-0.05, 0) is 47.5 Å². The summed E-state index contributed by atoms with van der Waals surface area (Å²) in [6, 6.07) is 3.94. The Morgan fingerprint density at radius 1 is 1.47 bits per heavy atom. The van der Waals surface area contributed by atoms with Gasteiger partial charge in [-0.3, -0.25) is 4.57 Å². The lowest BCUT2D eigenvalue weighted by Crippen LogP contribution is -2.05. The third kappa shape index (κ3) is 2.48. The van der Waals surface area contributed by atoms with E-state index in [2.05, 4.69) is 26.2 Å². The van der Waals surface area contributed by atoms with Crippen LogP contribution in [0.15, 0.2) is 29.0 Å². The highest BCUT2D eigenvalue weighted by Gasteiger charge is 2.09. The van der Waals surface area contributed by atoms with Crippen molar-refractivity contribution in [2.45, 2.75) is 13.8 Å². The molecule has 0 fully saturated rings. The van der Waals surface area contributed by atoms with Crippen LogP contribution in [0.25, 0.3) is 5.69 Å². The minimum absolute atomic E-state index is 0.749. The molecule has 1 aromatic heterocycles. The summed E-state index contributed by atoms with van der Waals surface area (Å²) in [5.74, 6) is 0.813. The molecule has 0 aliphatic carbocycles. The smallest absolute Gasteiger partial charge is 0.207 e. The first-order chi connectivity index (χ1) is 8.13. The molecule has 90 valence electrons. The monoisotopic (exact) mass is 313 g/mol. The first-order valence-electron chi connectivity index (χ1n) is 5.36. The van der Waals surface area contributed by atoms with E-state index in [1.807, 2.05) is 36.7 Å². The van der Waals surface area contributed by atoms with Gasteiger partial charge in [-0.2, -0.15) is 0 Å². The van der Waals surface area contributed by atoms with E-state index in [1.165, 1.54) is 0 Å². The summed E-state index contributed by atoms with van der Waals surface area (Å²) in [6.07, 6.45) is 3.67. The molecule has 0 spiro atoms. The minimum atomic E-state index is 0.749. The highest BCUT2D eigenvalue weighted by molar-refractivity contribution is 9.10. The van der Waals surface area contributed by atoms with Crippen molar-refractivity contribution < 1.29 is 0 Å². The SMILES string of the molecule is CCNc1nccn1-c1cc(Cl)c(C)cc1Br. The van der Waals surface area contributed by atoms with Crippen molar-refractivity contribution in [2.24, 2.45) is 0 Å². The van der Waals surface area contributed by atoms with Gasteiger partial charge in [0.1, 0.15) is 0 Å². The average molecular weight is 315 g/mol. The lowest BCUT2D eigenvalue weighted by atomic mass is 10.2. The summed E-state index contributed by atoms with van der Waals surface area (Å²) in [5.41, 5.74) is 2.03. The standard InChI is InChI=1S/C12H13BrClN3/c1-3-15-12-16-4-5-17(12)11-7-10(14)8(2)6-9(11)13/h4-7H,3H2,1-2H3,(H,15,16). The van der Waals surface area contributed by atoms with Crippen molar-refractivity contribution in [1.29, 1.82) is 0 Å². The molecule has 0 aliphatic heterocycles. The first-order valence-corrected chi connectivity index (χ1v) is 6.53. The van der Waals surface area contributed by atoms with E-state index in [4.69, 9.17) is 11.6 Å². The minimum Gasteiger partial charge on any atom is -0.356 e. The fourth-order valence-corrected chi connectivity index (χ4v) is 2.41. The second-order valence-electron chi connectivity index (χ2n) is 3.70. The zero-order valence-corrected chi connectivity index (χ0v) is 12.0. The van der Waals surface area contributed by atoms with Gasteiger partial charge in [0.05, 0.1) is 5.69 Å². The van der Waals surface area contributed by atoms with Gasteiger partial charge in [0.15, 0.2) is 0 Å². The van der Waals surface area contributed by atoms with Gasteiger partial charge in [0, 0.05) is 28.4 Å².